The second-order valence-electron chi connectivity index (χ2n) is 17.4. The number of carbonyl (C=O) groups is 5. The molecule has 14 nitrogen and oxygen atoms in total. The molecule has 0 radical (unpaired) electrons. The molecule has 2 aliphatic heterocycles. The minimum absolute atomic E-state index is 0.0267. The van der Waals surface area contributed by atoms with E-state index >= 15 is 0 Å². The second-order valence-corrected chi connectivity index (χ2v) is 17.8. The van der Waals surface area contributed by atoms with E-state index in [1.807, 2.05) is 81.4 Å². The Hall–Kier alpha value is -7.32. The summed E-state index contributed by atoms with van der Waals surface area (Å²) < 4.78 is 36.3. The average Bonchev–Trinajstić information content (AvgIpc) is 4.04. The van der Waals surface area contributed by atoms with Crippen LogP contribution in [0.3, 0.4) is 0 Å². The Kier molecular flexibility index (Phi) is 12.9. The summed E-state index contributed by atoms with van der Waals surface area (Å²) in [7, 11) is 3.15. The number of hydrogen-bond donors (Lipinski definition) is 2. The summed E-state index contributed by atoms with van der Waals surface area (Å²) in [5.41, 5.74) is 8.35. The molecule has 15 heteroatoms. The van der Waals surface area contributed by atoms with Crippen molar-refractivity contribution >= 4 is 52.2 Å². The summed E-state index contributed by atoms with van der Waals surface area (Å²) in [5, 5.41) is 7.25. The Morgan fingerprint density at radius 2 is 1.38 bits per heavy atom. The highest BCUT2D eigenvalue weighted by Crippen LogP contribution is 2.56. The fourth-order valence-corrected chi connectivity index (χ4v) is 9.78. The molecule has 1 saturated heterocycles. The lowest BCUT2D eigenvalue weighted by Crippen LogP contribution is -2.36. The third kappa shape index (κ3) is 8.95. The first-order valence-electron chi connectivity index (χ1n) is 22.4. The molecule has 1 fully saturated rings. The molecule has 1 aliphatic carbocycles. The SMILES string of the molecule is COc1cc([C@H]2c3cc4c(cc3[C@@H](OC(=O)CCC(=O)NCc3ccc(CNC(=O)Cc5c(C)n(C(=O)c6ccc(Cl)cc6)c6ccc(C)cc56)cc3)C3COC(=O)[C@H]32)OCO4)cc(OC)c1C. The summed E-state index contributed by atoms with van der Waals surface area (Å²) in [4.78, 5) is 67.1. The van der Waals surface area contributed by atoms with Crippen molar-refractivity contribution in [2.45, 2.75) is 65.1 Å². The van der Waals surface area contributed by atoms with Crippen LogP contribution in [0.5, 0.6) is 23.0 Å². The zero-order valence-electron chi connectivity index (χ0n) is 38.2. The van der Waals surface area contributed by atoms with Gasteiger partial charge in [-0.15, -0.1) is 0 Å². The molecule has 4 atom stereocenters. The molecule has 3 heterocycles. The van der Waals surface area contributed by atoms with Gasteiger partial charge in [0.15, 0.2) is 11.5 Å². The number of rotatable bonds is 14. The van der Waals surface area contributed by atoms with Gasteiger partial charge < -0.3 is 39.1 Å². The summed E-state index contributed by atoms with van der Waals surface area (Å²) in [5.74, 6) is -1.27. The fourth-order valence-electron chi connectivity index (χ4n) is 9.66. The van der Waals surface area contributed by atoms with E-state index in [0.717, 1.165) is 49.8 Å². The third-order valence-corrected chi connectivity index (χ3v) is 13.4. The molecule has 6 aromatic rings. The fraction of sp³-hybridized carbons (Fsp3) is 0.302. The number of aryl methyl sites for hydroxylation is 1. The van der Waals surface area contributed by atoms with Crippen LogP contribution in [0.15, 0.2) is 91.0 Å². The number of amides is 2. The van der Waals surface area contributed by atoms with Crippen LogP contribution in [0.4, 0.5) is 0 Å². The first kappa shape index (κ1) is 45.8. The number of cyclic esters (lactones) is 1. The van der Waals surface area contributed by atoms with Gasteiger partial charge in [-0.1, -0.05) is 47.5 Å². The van der Waals surface area contributed by atoms with Crippen molar-refractivity contribution in [2.24, 2.45) is 11.8 Å². The quantitative estimate of drug-likeness (QED) is 0.101. The van der Waals surface area contributed by atoms with Crippen molar-refractivity contribution < 1.29 is 52.4 Å². The molecule has 0 bridgehead atoms. The van der Waals surface area contributed by atoms with Crippen LogP contribution in [0.25, 0.3) is 10.9 Å². The molecule has 350 valence electrons. The summed E-state index contributed by atoms with van der Waals surface area (Å²) in [6, 6.07) is 27.5. The zero-order chi connectivity index (χ0) is 47.8. The molecule has 2 amide bonds. The topological polar surface area (TPSA) is 170 Å². The molecule has 5 aromatic carbocycles. The van der Waals surface area contributed by atoms with E-state index in [1.54, 1.807) is 49.1 Å². The van der Waals surface area contributed by atoms with Gasteiger partial charge in [0.1, 0.15) is 17.6 Å². The van der Waals surface area contributed by atoms with Crippen molar-refractivity contribution in [1.82, 2.24) is 15.2 Å². The van der Waals surface area contributed by atoms with E-state index in [9.17, 15) is 24.0 Å². The zero-order valence-corrected chi connectivity index (χ0v) is 39.0. The van der Waals surface area contributed by atoms with Gasteiger partial charge in [-0.3, -0.25) is 28.5 Å². The maximum absolute atomic E-state index is 13.7. The molecular weight excluding hydrogens is 890 g/mol. The van der Waals surface area contributed by atoms with Crippen molar-refractivity contribution in [3.63, 3.8) is 0 Å². The molecule has 9 rings (SSSR count). The maximum Gasteiger partial charge on any atom is 0.310 e. The monoisotopic (exact) mass is 939 g/mol. The van der Waals surface area contributed by atoms with E-state index in [4.69, 9.17) is 40.0 Å². The number of ether oxygens (including phenoxy) is 6. The van der Waals surface area contributed by atoms with Gasteiger partial charge in [0.25, 0.3) is 5.91 Å². The van der Waals surface area contributed by atoms with E-state index in [0.29, 0.717) is 44.8 Å². The Balaban J connectivity index is 0.803. The van der Waals surface area contributed by atoms with E-state index in [1.165, 1.54) is 0 Å². The van der Waals surface area contributed by atoms with Crippen LogP contribution in [-0.2, 0) is 48.2 Å². The highest BCUT2D eigenvalue weighted by molar-refractivity contribution is 6.30. The van der Waals surface area contributed by atoms with Crippen LogP contribution in [0.1, 0.15) is 85.4 Å². The number of halogens is 1. The van der Waals surface area contributed by atoms with Crippen molar-refractivity contribution in [1.29, 1.82) is 0 Å². The molecule has 2 N–H and O–H groups in total. The van der Waals surface area contributed by atoms with E-state index < -0.39 is 35.8 Å². The smallest absolute Gasteiger partial charge is 0.310 e. The van der Waals surface area contributed by atoms with Crippen LogP contribution in [0.2, 0.25) is 5.02 Å². The number of nitrogens with zero attached hydrogens (tertiary/aromatic N) is 1. The highest BCUT2D eigenvalue weighted by Gasteiger charge is 2.54. The van der Waals surface area contributed by atoms with Crippen molar-refractivity contribution in [3.8, 4) is 23.0 Å². The minimum atomic E-state index is -0.855. The van der Waals surface area contributed by atoms with Gasteiger partial charge in [0.2, 0.25) is 18.6 Å². The lowest BCUT2D eigenvalue weighted by atomic mass is 9.66. The Labute approximate surface area is 397 Å². The first-order valence-corrected chi connectivity index (χ1v) is 22.7. The predicted molar refractivity (Wildman–Crippen MR) is 251 cm³/mol. The summed E-state index contributed by atoms with van der Waals surface area (Å²) in [6.45, 7) is 6.28. The van der Waals surface area contributed by atoms with Gasteiger partial charge in [0, 0.05) is 64.1 Å². The number of methoxy groups -OCH3 is 2. The van der Waals surface area contributed by atoms with Crippen molar-refractivity contribution in [3.05, 3.63) is 152 Å². The number of fused-ring (bicyclic) bond motifs is 4. The Morgan fingerprint density at radius 1 is 0.750 bits per heavy atom. The minimum Gasteiger partial charge on any atom is -0.496 e. The van der Waals surface area contributed by atoms with Crippen LogP contribution in [0, 0.1) is 32.6 Å². The molecule has 68 heavy (non-hydrogen) atoms. The van der Waals surface area contributed by atoms with Gasteiger partial charge >= 0.3 is 11.9 Å². The number of nitrogens with one attached hydrogen (secondary N) is 2. The number of aromatic nitrogens is 1. The van der Waals surface area contributed by atoms with Gasteiger partial charge in [-0.2, -0.15) is 0 Å². The Bertz CT molecular complexity index is 2960. The largest absolute Gasteiger partial charge is 0.496 e. The van der Waals surface area contributed by atoms with Gasteiger partial charge in [0.05, 0.1) is 45.1 Å². The first-order chi connectivity index (χ1) is 32.8. The number of hydrogen-bond acceptors (Lipinski definition) is 11. The third-order valence-electron chi connectivity index (χ3n) is 13.2. The number of carbonyl (C=O) groups excluding carboxylic acids is 5. The molecule has 1 aromatic heterocycles. The van der Waals surface area contributed by atoms with Gasteiger partial charge in [-0.05, 0) is 109 Å². The summed E-state index contributed by atoms with van der Waals surface area (Å²) >= 11 is 6.07. The molecule has 0 spiro atoms. The number of esters is 2. The lowest BCUT2D eigenvalue weighted by molar-refractivity contribution is -0.155. The molecule has 0 saturated carbocycles. The number of benzene rings is 5. The van der Waals surface area contributed by atoms with E-state index in [2.05, 4.69) is 10.6 Å². The average molecular weight is 940 g/mol. The van der Waals surface area contributed by atoms with Crippen LogP contribution < -0.4 is 29.6 Å². The lowest BCUT2D eigenvalue weighted by Gasteiger charge is -2.38. The molecular formula is C53H50ClN3O11. The highest BCUT2D eigenvalue weighted by atomic mass is 35.5. The molecule has 3 aliphatic rings. The predicted octanol–water partition coefficient (Wildman–Crippen LogP) is 8.13. The van der Waals surface area contributed by atoms with Crippen LogP contribution >= 0.6 is 11.6 Å². The molecule has 1 unspecified atom stereocenters. The van der Waals surface area contributed by atoms with Gasteiger partial charge in [-0.25, -0.2) is 0 Å². The standard InChI is InChI=1S/C53H50ClN3O11/c1-28-6-15-41-37(18-28)36(30(3)57(41)52(61)33-11-13-35(54)14-12-33)23-47(59)56-25-32-9-7-31(8-10-32)24-55-46(58)16-17-48(60)68-51-39-22-45-44(66-27-67-45)21-38(39)49(50-40(51)26-65-53(50)62)34-19-42(63-4)29(2)43(20-34)64-5/h6-15,18-22,40,49-51H,16-17,23-27H2,1-5H3,(H,55,58)(H,56,59)/t40?,49-,50+,51+/m0/s1. The normalized spacial score (nSPS) is 17.8. The maximum atomic E-state index is 13.7. The van der Waals surface area contributed by atoms with Crippen LogP contribution in [-0.4, -0.2) is 61.8 Å². The Morgan fingerprint density at radius 3 is 2.03 bits per heavy atom. The summed E-state index contributed by atoms with van der Waals surface area (Å²) in [6.07, 6.45) is -1.08. The van der Waals surface area contributed by atoms with Crippen molar-refractivity contribution in [2.75, 3.05) is 27.6 Å². The second kappa shape index (κ2) is 19.1. The van der Waals surface area contributed by atoms with E-state index in [-0.39, 0.29) is 63.5 Å².